The normalized spacial score (nSPS) is 16.3. The van der Waals surface area contributed by atoms with Crippen LogP contribution in [-0.4, -0.2) is 73.2 Å². The van der Waals surface area contributed by atoms with Gasteiger partial charge in [0.1, 0.15) is 16.9 Å². The summed E-state index contributed by atoms with van der Waals surface area (Å²) in [5, 5.41) is 7.68. The predicted octanol–water partition coefficient (Wildman–Crippen LogP) is 3.18. The van der Waals surface area contributed by atoms with E-state index < -0.39 is 0 Å². The van der Waals surface area contributed by atoms with Gasteiger partial charge in [-0.05, 0) is 37.4 Å². The minimum Gasteiger partial charge on any atom is -0.368 e. The van der Waals surface area contributed by atoms with E-state index >= 15 is 0 Å². The highest BCUT2D eigenvalue weighted by atomic mass is 15.3. The molecule has 4 aromatic rings. The Kier molecular flexibility index (Phi) is 4.45. The van der Waals surface area contributed by atoms with Crippen molar-refractivity contribution in [2.24, 2.45) is 0 Å². The lowest BCUT2D eigenvalue weighted by Crippen LogP contribution is -2.43. The number of likely N-dealkylation sites (N-methyl/N-ethyl adjacent to an activating group) is 1. The summed E-state index contributed by atoms with van der Waals surface area (Å²) in [5.74, 6) is 0. The minimum atomic E-state index is 0.733. The third kappa shape index (κ3) is 3.22. The zero-order valence-corrected chi connectivity index (χ0v) is 17.7. The number of pyridine rings is 1. The fraction of sp³-hybridized carbons (Fsp3) is 0.208. The molecule has 0 bridgehead atoms. The van der Waals surface area contributed by atoms with Crippen LogP contribution < -0.4 is 0 Å². The first-order chi connectivity index (χ1) is 15.8. The van der Waals surface area contributed by atoms with E-state index in [0.717, 1.165) is 71.2 Å². The first kappa shape index (κ1) is 18.7. The summed E-state index contributed by atoms with van der Waals surface area (Å²) >= 11 is 0. The topological polar surface area (TPSA) is 89.6 Å². The Bertz CT molecular complexity index is 1380. The summed E-state index contributed by atoms with van der Waals surface area (Å²) in [6.45, 7) is 4.12. The molecule has 32 heavy (non-hydrogen) atoms. The second-order valence-corrected chi connectivity index (χ2v) is 8.09. The van der Waals surface area contributed by atoms with Gasteiger partial charge in [0.15, 0.2) is 0 Å². The fourth-order valence-corrected chi connectivity index (χ4v) is 4.26. The van der Waals surface area contributed by atoms with E-state index in [4.69, 9.17) is 4.98 Å². The number of piperazine rings is 1. The van der Waals surface area contributed by atoms with E-state index in [1.54, 1.807) is 18.6 Å². The van der Waals surface area contributed by atoms with Crippen LogP contribution in [0.2, 0.25) is 0 Å². The van der Waals surface area contributed by atoms with Crippen LogP contribution in [0.25, 0.3) is 45.6 Å². The van der Waals surface area contributed by atoms with E-state index in [1.165, 1.54) is 5.70 Å². The summed E-state index contributed by atoms with van der Waals surface area (Å²) in [6, 6.07) is 6.08. The molecule has 1 aliphatic heterocycles. The molecule has 0 atom stereocenters. The second kappa shape index (κ2) is 7.60. The highest BCUT2D eigenvalue weighted by Gasteiger charge is 2.23. The molecule has 1 fully saturated rings. The van der Waals surface area contributed by atoms with Crippen LogP contribution in [0.15, 0.2) is 54.7 Å². The lowest BCUT2D eigenvalue weighted by atomic mass is 10.1. The van der Waals surface area contributed by atoms with Gasteiger partial charge in [0.2, 0.25) is 0 Å². The number of aromatic amines is 2. The lowest BCUT2D eigenvalue weighted by molar-refractivity contribution is 0.207. The quantitative estimate of drug-likeness (QED) is 0.493. The molecule has 0 amide bonds. The van der Waals surface area contributed by atoms with Crippen molar-refractivity contribution in [1.82, 2.24) is 39.9 Å². The molecule has 5 heterocycles. The molecule has 0 unspecified atom stereocenters. The number of nitrogens with zero attached hydrogens (tertiary/aromatic N) is 6. The predicted molar refractivity (Wildman–Crippen MR) is 124 cm³/mol. The number of rotatable bonds is 3. The molecule has 6 rings (SSSR count). The molecule has 1 saturated heterocycles. The minimum absolute atomic E-state index is 0.733. The Labute approximate surface area is 185 Å². The van der Waals surface area contributed by atoms with E-state index in [1.807, 2.05) is 24.3 Å². The maximum Gasteiger partial charge on any atom is 0.135 e. The van der Waals surface area contributed by atoms with Crippen LogP contribution in [0.1, 0.15) is 11.3 Å². The molecule has 8 heteroatoms. The number of allylic oxidation sites excluding steroid dienone is 2. The lowest BCUT2D eigenvalue weighted by Gasteiger charge is -2.35. The van der Waals surface area contributed by atoms with Crippen molar-refractivity contribution in [3.63, 3.8) is 0 Å². The zero-order valence-electron chi connectivity index (χ0n) is 17.7. The van der Waals surface area contributed by atoms with E-state index in [2.05, 4.69) is 59.9 Å². The molecule has 0 radical (unpaired) electrons. The van der Waals surface area contributed by atoms with Crippen molar-refractivity contribution >= 4 is 22.8 Å². The summed E-state index contributed by atoms with van der Waals surface area (Å²) in [4.78, 5) is 21.7. The summed E-state index contributed by atoms with van der Waals surface area (Å²) in [6.07, 6.45) is 11.2. The summed E-state index contributed by atoms with van der Waals surface area (Å²) < 4.78 is 0. The molecular weight excluding hydrogens is 400 g/mol. The largest absolute Gasteiger partial charge is 0.368 e. The van der Waals surface area contributed by atoms with Gasteiger partial charge in [0.25, 0.3) is 0 Å². The van der Waals surface area contributed by atoms with Gasteiger partial charge in [0, 0.05) is 55.9 Å². The van der Waals surface area contributed by atoms with Crippen molar-refractivity contribution < 1.29 is 0 Å². The molecule has 0 spiro atoms. The van der Waals surface area contributed by atoms with E-state index in [9.17, 15) is 0 Å². The summed E-state index contributed by atoms with van der Waals surface area (Å²) in [7, 11) is 2.17. The van der Waals surface area contributed by atoms with Gasteiger partial charge >= 0.3 is 0 Å². The first-order valence-electron chi connectivity index (χ1n) is 10.7. The fourth-order valence-electron chi connectivity index (χ4n) is 4.26. The SMILES string of the molecule is CN1CCN(C2=CC=C=Cc3[nH]c(-c4n[nH]c5ccc(-c6cnccn6)nc45)cc32)CC1. The van der Waals surface area contributed by atoms with Crippen molar-refractivity contribution in [2.75, 3.05) is 33.2 Å². The van der Waals surface area contributed by atoms with Gasteiger partial charge in [-0.1, -0.05) is 0 Å². The van der Waals surface area contributed by atoms with Crippen molar-refractivity contribution in [3.8, 4) is 22.8 Å². The van der Waals surface area contributed by atoms with Crippen LogP contribution in [0, 0.1) is 0 Å². The Hall–Kier alpha value is -4.00. The number of nitrogens with one attached hydrogen (secondary N) is 2. The molecule has 158 valence electrons. The molecule has 0 aromatic carbocycles. The van der Waals surface area contributed by atoms with Crippen molar-refractivity contribution in [3.05, 3.63) is 65.9 Å². The van der Waals surface area contributed by atoms with Gasteiger partial charge in [0.05, 0.1) is 28.8 Å². The molecule has 2 aliphatic rings. The van der Waals surface area contributed by atoms with Crippen LogP contribution in [0.3, 0.4) is 0 Å². The van der Waals surface area contributed by atoms with Gasteiger partial charge in [-0.25, -0.2) is 4.98 Å². The molecular formula is C24H22N8. The van der Waals surface area contributed by atoms with Crippen molar-refractivity contribution in [2.45, 2.75) is 0 Å². The Balaban J connectivity index is 1.42. The number of hydrogen-bond donors (Lipinski definition) is 2. The monoisotopic (exact) mass is 422 g/mol. The van der Waals surface area contributed by atoms with Crippen LogP contribution in [-0.2, 0) is 0 Å². The van der Waals surface area contributed by atoms with Gasteiger partial charge in [-0.3, -0.25) is 15.1 Å². The maximum absolute atomic E-state index is 4.84. The van der Waals surface area contributed by atoms with Gasteiger partial charge < -0.3 is 14.8 Å². The van der Waals surface area contributed by atoms with Gasteiger partial charge in [-0.15, -0.1) is 5.73 Å². The van der Waals surface area contributed by atoms with E-state index in [0.29, 0.717) is 0 Å². The van der Waals surface area contributed by atoms with Gasteiger partial charge in [-0.2, -0.15) is 5.10 Å². The standard InChI is InChI=1S/C24H22N8/c1-31-10-12-32(13-11-31)22-5-3-2-4-17-16(22)14-20(27-17)24-23-19(29-30-24)7-6-18(28-23)21-15-25-8-9-26-21/h3-9,14-15,27H,10-13H2,1H3,(H,29,30). The highest BCUT2D eigenvalue weighted by molar-refractivity contribution is 5.91. The number of aromatic nitrogens is 6. The average Bonchev–Trinajstić information content (AvgIpc) is 3.39. The smallest absolute Gasteiger partial charge is 0.135 e. The maximum atomic E-state index is 4.84. The number of fused-ring (bicyclic) bond motifs is 2. The number of H-pyrrole nitrogens is 2. The molecule has 8 nitrogen and oxygen atoms in total. The number of hydrogen-bond acceptors (Lipinski definition) is 6. The second-order valence-electron chi connectivity index (χ2n) is 8.09. The van der Waals surface area contributed by atoms with Crippen molar-refractivity contribution in [1.29, 1.82) is 0 Å². The van der Waals surface area contributed by atoms with Crippen LogP contribution in [0.4, 0.5) is 0 Å². The average molecular weight is 422 g/mol. The van der Waals surface area contributed by atoms with E-state index in [-0.39, 0.29) is 0 Å². The zero-order chi connectivity index (χ0) is 21.5. The first-order valence-corrected chi connectivity index (χ1v) is 10.7. The third-order valence-electron chi connectivity index (χ3n) is 6.02. The molecule has 0 saturated carbocycles. The Morgan fingerprint density at radius 3 is 2.81 bits per heavy atom. The Morgan fingerprint density at radius 1 is 1.06 bits per heavy atom. The molecule has 4 aromatic heterocycles. The molecule has 1 aliphatic carbocycles. The van der Waals surface area contributed by atoms with Crippen LogP contribution >= 0.6 is 0 Å². The Morgan fingerprint density at radius 2 is 1.97 bits per heavy atom. The molecule has 2 N–H and O–H groups in total. The third-order valence-corrected chi connectivity index (χ3v) is 6.02. The summed E-state index contributed by atoms with van der Waals surface area (Å²) in [5.41, 5.74) is 11.5. The van der Waals surface area contributed by atoms with Crippen LogP contribution in [0.5, 0.6) is 0 Å². The highest BCUT2D eigenvalue weighted by Crippen LogP contribution is 2.33.